The molecule has 0 saturated heterocycles. The zero-order valence-corrected chi connectivity index (χ0v) is 10.9. The molecule has 1 heterocycles. The van der Waals surface area contributed by atoms with Crippen LogP contribution in [0.15, 0.2) is 36.7 Å². The van der Waals surface area contributed by atoms with E-state index in [1.165, 1.54) is 0 Å². The van der Waals surface area contributed by atoms with Crippen LogP contribution in [0, 0.1) is 6.92 Å². The minimum atomic E-state index is -0.528. The van der Waals surface area contributed by atoms with Crippen molar-refractivity contribution in [1.82, 2.24) is 9.78 Å². The summed E-state index contributed by atoms with van der Waals surface area (Å²) in [5, 5.41) is 16.7. The van der Waals surface area contributed by atoms with Crippen LogP contribution in [0.1, 0.15) is 5.56 Å². The van der Waals surface area contributed by atoms with Crippen LogP contribution in [-0.2, 0) is 0 Å². The summed E-state index contributed by atoms with van der Waals surface area (Å²) >= 11 is 5.52. The molecule has 0 aliphatic heterocycles. The first-order chi connectivity index (χ1) is 8.69. The highest BCUT2D eigenvalue weighted by Gasteiger charge is 2.02. The van der Waals surface area contributed by atoms with Crippen LogP contribution in [0.2, 0.25) is 0 Å². The number of aliphatic hydroxyl groups is 1. The van der Waals surface area contributed by atoms with Crippen molar-refractivity contribution in [2.75, 3.05) is 17.7 Å². The van der Waals surface area contributed by atoms with Crippen LogP contribution in [-0.4, -0.2) is 33.4 Å². The molecular weight excluding hydrogens is 250 g/mol. The number of nitrogens with one attached hydrogen (secondary N) is 1. The van der Waals surface area contributed by atoms with E-state index in [9.17, 15) is 5.11 Å². The summed E-state index contributed by atoms with van der Waals surface area (Å²) < 4.78 is 1.83. The Balaban J connectivity index is 2.01. The average molecular weight is 266 g/mol. The van der Waals surface area contributed by atoms with Gasteiger partial charge in [-0.1, -0.05) is 0 Å². The van der Waals surface area contributed by atoms with Crippen LogP contribution in [0.5, 0.6) is 0 Å². The summed E-state index contributed by atoms with van der Waals surface area (Å²) in [6, 6.07) is 7.85. The van der Waals surface area contributed by atoms with E-state index in [1.54, 1.807) is 0 Å². The fourth-order valence-corrected chi connectivity index (χ4v) is 1.69. The molecular formula is C13H16ClN3O. The van der Waals surface area contributed by atoms with Crippen LogP contribution in [0.4, 0.5) is 5.69 Å². The van der Waals surface area contributed by atoms with E-state index in [2.05, 4.69) is 10.4 Å². The maximum absolute atomic E-state index is 9.35. The zero-order chi connectivity index (χ0) is 13.0. The molecule has 1 atom stereocenters. The van der Waals surface area contributed by atoms with Crippen molar-refractivity contribution in [3.63, 3.8) is 0 Å². The van der Waals surface area contributed by atoms with Crippen LogP contribution >= 0.6 is 11.6 Å². The number of alkyl halides is 1. The van der Waals surface area contributed by atoms with Gasteiger partial charge in [0.2, 0.25) is 0 Å². The quantitative estimate of drug-likeness (QED) is 0.815. The second-order valence-corrected chi connectivity index (χ2v) is 4.51. The first-order valence-corrected chi connectivity index (χ1v) is 6.32. The summed E-state index contributed by atoms with van der Waals surface area (Å²) in [6.45, 7) is 2.46. The lowest BCUT2D eigenvalue weighted by atomic mass is 10.2. The van der Waals surface area contributed by atoms with E-state index < -0.39 is 6.10 Å². The van der Waals surface area contributed by atoms with Crippen molar-refractivity contribution < 1.29 is 5.11 Å². The molecule has 2 rings (SSSR count). The summed E-state index contributed by atoms with van der Waals surface area (Å²) in [7, 11) is 0. The van der Waals surface area contributed by atoms with Gasteiger partial charge in [-0.2, -0.15) is 5.10 Å². The number of benzene rings is 1. The Morgan fingerprint density at radius 1 is 1.39 bits per heavy atom. The monoisotopic (exact) mass is 265 g/mol. The third-order valence-electron chi connectivity index (χ3n) is 2.56. The number of aromatic nitrogens is 2. The third-order valence-corrected chi connectivity index (χ3v) is 2.92. The van der Waals surface area contributed by atoms with Crippen molar-refractivity contribution in [1.29, 1.82) is 0 Å². The van der Waals surface area contributed by atoms with Crippen LogP contribution in [0.25, 0.3) is 5.69 Å². The molecule has 0 aliphatic rings. The van der Waals surface area contributed by atoms with Gasteiger partial charge >= 0.3 is 0 Å². The van der Waals surface area contributed by atoms with Gasteiger partial charge in [0.15, 0.2) is 0 Å². The highest BCUT2D eigenvalue weighted by atomic mass is 35.5. The largest absolute Gasteiger partial charge is 0.390 e. The molecule has 2 aromatic rings. The molecule has 0 amide bonds. The summed E-state index contributed by atoms with van der Waals surface area (Å²) in [5.41, 5.74) is 3.08. The van der Waals surface area contributed by atoms with Gasteiger partial charge in [-0.3, -0.25) is 0 Å². The lowest BCUT2D eigenvalue weighted by Gasteiger charge is -2.10. The Kier molecular flexibility index (Phi) is 4.23. The number of hydrogen-bond acceptors (Lipinski definition) is 3. The maximum atomic E-state index is 9.35. The molecule has 0 saturated carbocycles. The van der Waals surface area contributed by atoms with Crippen LogP contribution in [0.3, 0.4) is 0 Å². The van der Waals surface area contributed by atoms with Gasteiger partial charge in [0.05, 0.1) is 23.9 Å². The first kappa shape index (κ1) is 12.9. The standard InChI is InChI=1S/C13H16ClN3O/c1-10-7-16-17(9-10)12-4-2-11(3-5-12)15-8-13(18)6-14/h2-5,7,9,13,15,18H,6,8H2,1H3. The molecule has 1 unspecified atom stereocenters. The van der Waals surface area contributed by atoms with Gasteiger partial charge in [0, 0.05) is 18.4 Å². The maximum Gasteiger partial charge on any atom is 0.0847 e. The number of rotatable bonds is 5. The van der Waals surface area contributed by atoms with E-state index in [1.807, 2.05) is 48.3 Å². The minimum Gasteiger partial charge on any atom is -0.390 e. The fraction of sp³-hybridized carbons (Fsp3) is 0.308. The topological polar surface area (TPSA) is 50.1 Å². The predicted molar refractivity (Wildman–Crippen MR) is 73.5 cm³/mol. The second kappa shape index (κ2) is 5.89. The number of nitrogens with zero attached hydrogens (tertiary/aromatic N) is 2. The lowest BCUT2D eigenvalue weighted by Crippen LogP contribution is -2.20. The van der Waals surface area contributed by atoms with Gasteiger partial charge in [0.25, 0.3) is 0 Å². The number of anilines is 1. The summed E-state index contributed by atoms with van der Waals surface area (Å²) in [4.78, 5) is 0. The average Bonchev–Trinajstić information content (AvgIpc) is 2.83. The summed E-state index contributed by atoms with van der Waals surface area (Å²) in [5.74, 6) is 0.234. The minimum absolute atomic E-state index is 0.234. The van der Waals surface area contributed by atoms with E-state index in [4.69, 9.17) is 11.6 Å². The predicted octanol–water partition coefficient (Wildman–Crippen LogP) is 2.19. The lowest BCUT2D eigenvalue weighted by molar-refractivity contribution is 0.211. The fourth-order valence-electron chi connectivity index (χ4n) is 1.58. The highest BCUT2D eigenvalue weighted by Crippen LogP contribution is 2.13. The molecule has 0 aliphatic carbocycles. The SMILES string of the molecule is Cc1cnn(-c2ccc(NCC(O)CCl)cc2)c1. The smallest absolute Gasteiger partial charge is 0.0847 e. The Morgan fingerprint density at radius 3 is 2.67 bits per heavy atom. The van der Waals surface area contributed by atoms with Gasteiger partial charge in [-0.25, -0.2) is 4.68 Å². The number of aryl methyl sites for hydroxylation is 1. The van der Waals surface area contributed by atoms with Crippen molar-refractivity contribution in [2.24, 2.45) is 0 Å². The Hall–Kier alpha value is -1.52. The Labute approximate surface area is 111 Å². The molecule has 1 aromatic heterocycles. The van der Waals surface area contributed by atoms with E-state index in [0.717, 1.165) is 16.9 Å². The van der Waals surface area contributed by atoms with Crippen molar-refractivity contribution >= 4 is 17.3 Å². The second-order valence-electron chi connectivity index (χ2n) is 4.20. The molecule has 5 heteroatoms. The number of aliphatic hydroxyl groups excluding tert-OH is 1. The van der Waals surface area contributed by atoms with Gasteiger partial charge in [-0.05, 0) is 36.8 Å². The normalized spacial score (nSPS) is 12.4. The van der Waals surface area contributed by atoms with Crippen molar-refractivity contribution in [3.05, 3.63) is 42.2 Å². The number of halogens is 1. The molecule has 4 nitrogen and oxygen atoms in total. The zero-order valence-electron chi connectivity index (χ0n) is 10.2. The Morgan fingerprint density at radius 2 is 2.11 bits per heavy atom. The van der Waals surface area contributed by atoms with E-state index in [-0.39, 0.29) is 5.88 Å². The summed E-state index contributed by atoms with van der Waals surface area (Å²) in [6.07, 6.45) is 3.27. The van der Waals surface area contributed by atoms with Crippen LogP contribution < -0.4 is 5.32 Å². The van der Waals surface area contributed by atoms with E-state index >= 15 is 0 Å². The molecule has 18 heavy (non-hydrogen) atoms. The third kappa shape index (κ3) is 3.24. The van der Waals surface area contributed by atoms with Crippen molar-refractivity contribution in [3.8, 4) is 5.69 Å². The molecule has 1 aromatic carbocycles. The van der Waals surface area contributed by atoms with E-state index in [0.29, 0.717) is 6.54 Å². The van der Waals surface area contributed by atoms with Gasteiger partial charge < -0.3 is 10.4 Å². The first-order valence-electron chi connectivity index (χ1n) is 5.78. The Bertz CT molecular complexity index is 495. The highest BCUT2D eigenvalue weighted by molar-refractivity contribution is 6.18. The molecule has 0 bridgehead atoms. The number of hydrogen-bond donors (Lipinski definition) is 2. The molecule has 0 fully saturated rings. The molecule has 0 radical (unpaired) electrons. The molecule has 96 valence electrons. The van der Waals surface area contributed by atoms with Crippen molar-refractivity contribution in [2.45, 2.75) is 13.0 Å². The molecule has 2 N–H and O–H groups in total. The van der Waals surface area contributed by atoms with Gasteiger partial charge in [0.1, 0.15) is 0 Å². The van der Waals surface area contributed by atoms with Gasteiger partial charge in [-0.15, -0.1) is 11.6 Å². The molecule has 0 spiro atoms.